The predicted molar refractivity (Wildman–Crippen MR) is 65.1 cm³/mol. The summed E-state index contributed by atoms with van der Waals surface area (Å²) < 4.78 is 7.00. The molecule has 2 unspecified atom stereocenters. The average molecular weight is 239 g/mol. The van der Waals surface area contributed by atoms with E-state index in [9.17, 15) is 5.11 Å². The molecule has 0 amide bonds. The molecule has 0 aromatic carbocycles. The van der Waals surface area contributed by atoms with Gasteiger partial charge in [0.15, 0.2) is 0 Å². The van der Waals surface area contributed by atoms with E-state index in [-0.39, 0.29) is 6.04 Å². The van der Waals surface area contributed by atoms with Gasteiger partial charge in [-0.15, -0.1) is 0 Å². The first-order chi connectivity index (χ1) is 8.15. The summed E-state index contributed by atoms with van der Waals surface area (Å²) >= 11 is 0. The van der Waals surface area contributed by atoms with Gasteiger partial charge in [-0.05, 0) is 26.3 Å². The van der Waals surface area contributed by atoms with Crippen molar-refractivity contribution in [3.05, 3.63) is 11.3 Å². The molecule has 0 bridgehead atoms. The van der Waals surface area contributed by atoms with Crippen LogP contribution in [0.4, 0.5) is 0 Å². The highest BCUT2D eigenvalue weighted by Gasteiger charge is 2.29. The molecule has 96 valence electrons. The minimum atomic E-state index is -0.543. The number of aliphatic hydroxyl groups is 1. The van der Waals surface area contributed by atoms with Crippen LogP contribution in [0.1, 0.15) is 36.6 Å². The summed E-state index contributed by atoms with van der Waals surface area (Å²) in [6.07, 6.45) is 2.81. The number of hydrogen-bond acceptors (Lipinski definition) is 4. The van der Waals surface area contributed by atoms with Gasteiger partial charge in [-0.3, -0.25) is 0 Å². The van der Waals surface area contributed by atoms with Crippen LogP contribution in [0.5, 0.6) is 5.88 Å². The molecule has 17 heavy (non-hydrogen) atoms. The van der Waals surface area contributed by atoms with Gasteiger partial charge in [0.1, 0.15) is 6.10 Å². The minimum Gasteiger partial charge on any atom is -0.481 e. The lowest BCUT2D eigenvalue weighted by Crippen LogP contribution is -2.39. The van der Waals surface area contributed by atoms with Crippen molar-refractivity contribution in [2.75, 3.05) is 13.7 Å². The Bertz CT molecular complexity index is 383. The number of rotatable bonds is 3. The molecule has 2 atom stereocenters. The molecule has 0 spiro atoms. The van der Waals surface area contributed by atoms with Gasteiger partial charge < -0.3 is 15.2 Å². The quantitative estimate of drug-likeness (QED) is 0.823. The Labute approximate surface area is 102 Å². The molecule has 1 aliphatic heterocycles. The third-order valence-corrected chi connectivity index (χ3v) is 3.43. The number of piperidine rings is 1. The number of ether oxygens (including phenoxy) is 1. The van der Waals surface area contributed by atoms with Crippen LogP contribution in [0.3, 0.4) is 0 Å². The highest BCUT2D eigenvalue weighted by molar-refractivity contribution is 5.34. The molecule has 1 aliphatic rings. The van der Waals surface area contributed by atoms with Gasteiger partial charge in [-0.1, -0.05) is 6.42 Å². The Morgan fingerprint density at radius 2 is 2.29 bits per heavy atom. The fraction of sp³-hybridized carbons (Fsp3) is 0.750. The number of nitrogens with zero attached hydrogens (tertiary/aromatic N) is 2. The van der Waals surface area contributed by atoms with Gasteiger partial charge in [-0.2, -0.15) is 5.10 Å². The van der Waals surface area contributed by atoms with Crippen molar-refractivity contribution < 1.29 is 9.84 Å². The molecule has 0 saturated carbocycles. The SMILES string of the molecule is COc1c(C(O)C2CCCCN2)c(C)nn1C. The van der Waals surface area contributed by atoms with Crippen molar-refractivity contribution in [3.8, 4) is 5.88 Å². The Morgan fingerprint density at radius 3 is 2.88 bits per heavy atom. The van der Waals surface area contributed by atoms with E-state index in [1.165, 1.54) is 6.42 Å². The fourth-order valence-corrected chi connectivity index (χ4v) is 2.59. The second-order valence-corrected chi connectivity index (χ2v) is 4.63. The lowest BCUT2D eigenvalue weighted by molar-refractivity contribution is 0.110. The van der Waals surface area contributed by atoms with Crippen LogP contribution in [0, 0.1) is 6.92 Å². The molecule has 1 aromatic rings. The number of nitrogens with one attached hydrogen (secondary N) is 1. The van der Waals surface area contributed by atoms with Crippen LogP contribution in [-0.2, 0) is 7.05 Å². The summed E-state index contributed by atoms with van der Waals surface area (Å²) in [7, 11) is 3.44. The van der Waals surface area contributed by atoms with Crippen molar-refractivity contribution >= 4 is 0 Å². The van der Waals surface area contributed by atoms with Crippen LogP contribution in [-0.4, -0.2) is 34.6 Å². The molecule has 2 rings (SSSR count). The van der Waals surface area contributed by atoms with Crippen LogP contribution < -0.4 is 10.1 Å². The molecule has 0 radical (unpaired) electrons. The number of aromatic nitrogens is 2. The van der Waals surface area contributed by atoms with Crippen molar-refractivity contribution in [2.24, 2.45) is 7.05 Å². The normalized spacial score (nSPS) is 22.5. The maximum Gasteiger partial charge on any atom is 0.217 e. The maximum absolute atomic E-state index is 10.5. The van der Waals surface area contributed by atoms with Crippen molar-refractivity contribution in [1.82, 2.24) is 15.1 Å². The van der Waals surface area contributed by atoms with Crippen molar-refractivity contribution in [1.29, 1.82) is 0 Å². The molecular formula is C12H21N3O2. The summed E-state index contributed by atoms with van der Waals surface area (Å²) in [5.74, 6) is 0.655. The highest BCUT2D eigenvalue weighted by atomic mass is 16.5. The zero-order valence-electron chi connectivity index (χ0n) is 10.7. The van der Waals surface area contributed by atoms with Gasteiger partial charge in [0.2, 0.25) is 5.88 Å². The van der Waals surface area contributed by atoms with E-state index in [4.69, 9.17) is 4.74 Å². The van der Waals surface area contributed by atoms with Gasteiger partial charge in [0.25, 0.3) is 0 Å². The van der Waals surface area contributed by atoms with Crippen LogP contribution >= 0.6 is 0 Å². The first kappa shape index (κ1) is 12.4. The highest BCUT2D eigenvalue weighted by Crippen LogP contribution is 2.32. The lowest BCUT2D eigenvalue weighted by atomic mass is 9.95. The molecule has 5 nitrogen and oxygen atoms in total. The summed E-state index contributed by atoms with van der Waals surface area (Å²) in [4.78, 5) is 0. The van der Waals surface area contributed by atoms with E-state index in [2.05, 4.69) is 10.4 Å². The monoisotopic (exact) mass is 239 g/mol. The molecule has 5 heteroatoms. The predicted octanol–water partition coefficient (Wildman–Crippen LogP) is 0.913. The summed E-state index contributed by atoms with van der Waals surface area (Å²) in [5, 5.41) is 18.1. The van der Waals surface area contributed by atoms with Crippen molar-refractivity contribution in [2.45, 2.75) is 38.3 Å². The smallest absolute Gasteiger partial charge is 0.217 e. The van der Waals surface area contributed by atoms with Crippen molar-refractivity contribution in [3.63, 3.8) is 0 Å². The zero-order valence-corrected chi connectivity index (χ0v) is 10.7. The molecule has 1 saturated heterocycles. The van der Waals surface area contributed by atoms with E-state index in [0.29, 0.717) is 5.88 Å². The van der Waals surface area contributed by atoms with Gasteiger partial charge in [-0.25, -0.2) is 4.68 Å². The average Bonchev–Trinajstić information content (AvgIpc) is 2.63. The summed E-state index contributed by atoms with van der Waals surface area (Å²) in [5.41, 5.74) is 1.65. The number of hydrogen-bond donors (Lipinski definition) is 2. The fourth-order valence-electron chi connectivity index (χ4n) is 2.59. The Morgan fingerprint density at radius 1 is 1.53 bits per heavy atom. The number of aliphatic hydroxyl groups excluding tert-OH is 1. The standard InChI is InChI=1S/C12H21N3O2/c1-8-10(12(17-3)15(2)14-8)11(16)9-6-4-5-7-13-9/h9,11,13,16H,4-7H2,1-3H3. The molecule has 2 N–H and O–H groups in total. The second-order valence-electron chi connectivity index (χ2n) is 4.63. The van der Waals surface area contributed by atoms with Crippen LogP contribution in [0.25, 0.3) is 0 Å². The molecule has 0 aliphatic carbocycles. The Balaban J connectivity index is 2.25. The molecule has 2 heterocycles. The third kappa shape index (κ3) is 2.30. The lowest BCUT2D eigenvalue weighted by Gasteiger charge is -2.28. The minimum absolute atomic E-state index is 0.112. The number of aryl methyl sites for hydroxylation is 2. The second kappa shape index (κ2) is 5.06. The van der Waals surface area contributed by atoms with E-state index >= 15 is 0 Å². The number of methoxy groups -OCH3 is 1. The maximum atomic E-state index is 10.5. The van der Waals surface area contributed by atoms with E-state index in [0.717, 1.165) is 30.6 Å². The first-order valence-corrected chi connectivity index (χ1v) is 6.14. The van der Waals surface area contributed by atoms with Gasteiger partial charge in [0.05, 0.1) is 18.4 Å². The molecule has 1 aromatic heterocycles. The Kier molecular flexibility index (Phi) is 3.69. The van der Waals surface area contributed by atoms with Crippen LogP contribution in [0.2, 0.25) is 0 Å². The molecular weight excluding hydrogens is 218 g/mol. The van der Waals surface area contributed by atoms with Gasteiger partial charge in [0, 0.05) is 13.1 Å². The summed E-state index contributed by atoms with van der Waals surface area (Å²) in [6, 6.07) is 0.112. The first-order valence-electron chi connectivity index (χ1n) is 6.14. The summed E-state index contributed by atoms with van der Waals surface area (Å²) in [6.45, 7) is 2.88. The topological polar surface area (TPSA) is 59.3 Å². The van der Waals surface area contributed by atoms with Gasteiger partial charge >= 0.3 is 0 Å². The zero-order chi connectivity index (χ0) is 12.4. The largest absolute Gasteiger partial charge is 0.481 e. The Hall–Kier alpha value is -1.07. The van der Waals surface area contributed by atoms with E-state index < -0.39 is 6.10 Å². The third-order valence-electron chi connectivity index (χ3n) is 3.43. The molecule has 1 fully saturated rings. The van der Waals surface area contributed by atoms with E-state index in [1.807, 2.05) is 14.0 Å². The van der Waals surface area contributed by atoms with Crippen LogP contribution in [0.15, 0.2) is 0 Å². The van der Waals surface area contributed by atoms with E-state index in [1.54, 1.807) is 11.8 Å².